The van der Waals surface area contributed by atoms with Crippen LogP contribution in [0.2, 0.25) is 0 Å². The zero-order chi connectivity index (χ0) is 13.1. The average molecular weight is 267 g/mol. The van der Waals surface area contributed by atoms with Gasteiger partial charge in [-0.2, -0.15) is 5.10 Å². The molecule has 18 heavy (non-hydrogen) atoms. The second kappa shape index (κ2) is 5.47. The molecule has 0 aliphatic rings. The minimum atomic E-state index is -0.158. The topological polar surface area (TPSA) is 78.0 Å². The highest BCUT2D eigenvalue weighted by atomic mass is 32.1. The lowest BCUT2D eigenvalue weighted by atomic mass is 10.1. The van der Waals surface area contributed by atoms with Gasteiger partial charge in [0, 0.05) is 6.54 Å². The Bertz CT molecular complexity index is 500. The summed E-state index contributed by atoms with van der Waals surface area (Å²) < 4.78 is 7.23. The van der Waals surface area contributed by atoms with Crippen molar-refractivity contribution in [3.63, 3.8) is 0 Å². The van der Waals surface area contributed by atoms with E-state index in [1.807, 2.05) is 24.0 Å². The van der Waals surface area contributed by atoms with Gasteiger partial charge in [0.2, 0.25) is 0 Å². The van der Waals surface area contributed by atoms with Gasteiger partial charge >= 0.3 is 0 Å². The van der Waals surface area contributed by atoms with Gasteiger partial charge in [0.25, 0.3) is 0 Å². The van der Waals surface area contributed by atoms with Crippen LogP contribution < -0.4 is 16.0 Å². The number of rotatable bonds is 5. The molecule has 2 rings (SSSR count). The number of nitrogens with one attached hydrogen (secondary N) is 1. The molecule has 6 nitrogen and oxygen atoms in total. The van der Waals surface area contributed by atoms with E-state index in [9.17, 15) is 0 Å². The Balaban J connectivity index is 2.50. The maximum Gasteiger partial charge on any atom is 0.162 e. The molecule has 2 heterocycles. The molecule has 98 valence electrons. The van der Waals surface area contributed by atoms with E-state index >= 15 is 0 Å². The van der Waals surface area contributed by atoms with Crippen molar-refractivity contribution >= 4 is 11.3 Å². The number of thiazole rings is 1. The molecule has 7 heteroatoms. The summed E-state index contributed by atoms with van der Waals surface area (Å²) in [6, 6.07) is -0.158. The number of hydrogen-bond acceptors (Lipinski definition) is 6. The van der Waals surface area contributed by atoms with Crippen LogP contribution >= 0.6 is 11.3 Å². The molecule has 2 aromatic heterocycles. The highest BCUT2D eigenvalue weighted by molar-refractivity contribution is 7.09. The number of hydrogen-bond donors (Lipinski definition) is 2. The van der Waals surface area contributed by atoms with Crippen molar-refractivity contribution in [2.75, 3.05) is 7.11 Å². The van der Waals surface area contributed by atoms with Crippen molar-refractivity contribution in [2.45, 2.75) is 26.4 Å². The molecule has 0 saturated heterocycles. The molecule has 3 N–H and O–H groups in total. The second-order valence-electron chi connectivity index (χ2n) is 3.82. The zero-order valence-electron chi connectivity index (χ0n) is 10.7. The Morgan fingerprint density at radius 1 is 1.61 bits per heavy atom. The minimum absolute atomic E-state index is 0.158. The Labute approximate surface area is 110 Å². The van der Waals surface area contributed by atoms with Crippen molar-refractivity contribution < 1.29 is 4.74 Å². The van der Waals surface area contributed by atoms with E-state index < -0.39 is 0 Å². The zero-order valence-corrected chi connectivity index (χ0v) is 11.5. The maximum absolute atomic E-state index is 5.70. The molecule has 0 aliphatic heterocycles. The summed E-state index contributed by atoms with van der Waals surface area (Å²) >= 11 is 1.57. The maximum atomic E-state index is 5.70. The van der Waals surface area contributed by atoms with Crippen molar-refractivity contribution in [1.82, 2.24) is 20.2 Å². The van der Waals surface area contributed by atoms with Gasteiger partial charge in [-0.25, -0.2) is 10.4 Å². The van der Waals surface area contributed by atoms with Gasteiger partial charge in [0.1, 0.15) is 11.7 Å². The quantitative estimate of drug-likeness (QED) is 0.629. The normalized spacial score (nSPS) is 12.7. The fraction of sp³-hybridized carbons (Fsp3) is 0.455. The molecule has 0 aliphatic carbocycles. The van der Waals surface area contributed by atoms with Gasteiger partial charge in [-0.3, -0.25) is 10.5 Å². The number of ether oxygens (including phenoxy) is 1. The predicted octanol–water partition coefficient (Wildman–Crippen LogP) is 1.23. The fourth-order valence-electron chi connectivity index (χ4n) is 1.95. The third-order valence-corrected chi connectivity index (χ3v) is 3.85. The largest absolute Gasteiger partial charge is 0.493 e. The third kappa shape index (κ3) is 2.12. The number of nitrogens with two attached hydrogens (primary N) is 1. The van der Waals surface area contributed by atoms with E-state index in [2.05, 4.69) is 15.5 Å². The van der Waals surface area contributed by atoms with E-state index in [0.717, 1.165) is 28.6 Å². The highest BCUT2D eigenvalue weighted by Gasteiger charge is 2.25. The Morgan fingerprint density at radius 2 is 2.39 bits per heavy atom. The number of aryl methyl sites for hydroxylation is 2. The summed E-state index contributed by atoms with van der Waals surface area (Å²) in [5.74, 6) is 6.43. The number of methoxy groups -OCH3 is 1. The molecule has 0 fully saturated rings. The molecule has 0 aromatic carbocycles. The van der Waals surface area contributed by atoms with Gasteiger partial charge in [0.15, 0.2) is 5.75 Å². The molecule has 0 radical (unpaired) electrons. The van der Waals surface area contributed by atoms with Gasteiger partial charge in [-0.1, -0.05) is 0 Å². The van der Waals surface area contributed by atoms with E-state index in [1.54, 1.807) is 24.6 Å². The Morgan fingerprint density at radius 3 is 2.89 bits per heavy atom. The Hall–Kier alpha value is -1.44. The van der Waals surface area contributed by atoms with Gasteiger partial charge in [-0.15, -0.1) is 11.3 Å². The SMILES string of the molecule is CCn1ncc(OC)c1C(NN)c1scnc1C. The van der Waals surface area contributed by atoms with Gasteiger partial charge in [0.05, 0.1) is 29.4 Å². The monoisotopic (exact) mass is 267 g/mol. The second-order valence-corrected chi connectivity index (χ2v) is 4.70. The number of hydrazine groups is 1. The fourth-order valence-corrected chi connectivity index (χ4v) is 2.81. The molecule has 1 unspecified atom stereocenters. The van der Waals surface area contributed by atoms with E-state index in [-0.39, 0.29) is 6.04 Å². The lowest BCUT2D eigenvalue weighted by Crippen LogP contribution is -2.31. The van der Waals surface area contributed by atoms with Crippen LogP contribution in [0.4, 0.5) is 0 Å². The van der Waals surface area contributed by atoms with Crippen LogP contribution in [-0.2, 0) is 6.54 Å². The predicted molar refractivity (Wildman–Crippen MR) is 70.5 cm³/mol. The summed E-state index contributed by atoms with van der Waals surface area (Å²) in [7, 11) is 1.63. The molecule has 0 bridgehead atoms. The van der Waals surface area contributed by atoms with Crippen LogP contribution in [-0.4, -0.2) is 21.9 Å². The first kappa shape index (κ1) is 13.0. The lowest BCUT2D eigenvalue weighted by molar-refractivity contribution is 0.400. The summed E-state index contributed by atoms with van der Waals surface area (Å²) in [5, 5.41) is 4.29. The summed E-state index contributed by atoms with van der Waals surface area (Å²) in [6.07, 6.45) is 1.71. The molecule has 2 aromatic rings. The lowest BCUT2D eigenvalue weighted by Gasteiger charge is -2.17. The van der Waals surface area contributed by atoms with Crippen LogP contribution in [0.5, 0.6) is 5.75 Å². The van der Waals surface area contributed by atoms with Gasteiger partial charge < -0.3 is 4.74 Å². The van der Waals surface area contributed by atoms with Crippen molar-refractivity contribution in [3.05, 3.63) is 28.0 Å². The van der Waals surface area contributed by atoms with Crippen molar-refractivity contribution in [2.24, 2.45) is 5.84 Å². The molecular formula is C11H17N5OS. The Kier molecular flexibility index (Phi) is 3.95. The first-order chi connectivity index (χ1) is 8.72. The minimum Gasteiger partial charge on any atom is -0.493 e. The third-order valence-electron chi connectivity index (χ3n) is 2.85. The molecular weight excluding hydrogens is 250 g/mol. The molecule has 0 spiro atoms. The van der Waals surface area contributed by atoms with Crippen molar-refractivity contribution in [1.29, 1.82) is 0 Å². The van der Waals surface area contributed by atoms with Gasteiger partial charge in [-0.05, 0) is 13.8 Å². The number of aromatic nitrogens is 3. The molecule has 0 saturated carbocycles. The molecule has 1 atom stereocenters. The van der Waals surface area contributed by atoms with E-state index in [1.165, 1.54) is 0 Å². The first-order valence-electron chi connectivity index (χ1n) is 5.68. The van der Waals surface area contributed by atoms with E-state index in [4.69, 9.17) is 10.6 Å². The molecule has 0 amide bonds. The van der Waals surface area contributed by atoms with Crippen LogP contribution in [0.1, 0.15) is 29.2 Å². The van der Waals surface area contributed by atoms with Crippen LogP contribution in [0.25, 0.3) is 0 Å². The van der Waals surface area contributed by atoms with Crippen LogP contribution in [0, 0.1) is 6.92 Å². The summed E-state index contributed by atoms with van der Waals surface area (Å²) in [6.45, 7) is 4.76. The number of nitrogens with zero attached hydrogens (tertiary/aromatic N) is 3. The van der Waals surface area contributed by atoms with E-state index in [0.29, 0.717) is 0 Å². The van der Waals surface area contributed by atoms with Crippen LogP contribution in [0.3, 0.4) is 0 Å². The van der Waals surface area contributed by atoms with Crippen LogP contribution in [0.15, 0.2) is 11.7 Å². The average Bonchev–Trinajstić information content (AvgIpc) is 2.98. The smallest absolute Gasteiger partial charge is 0.162 e. The highest BCUT2D eigenvalue weighted by Crippen LogP contribution is 2.32. The van der Waals surface area contributed by atoms with Crippen molar-refractivity contribution in [3.8, 4) is 5.75 Å². The first-order valence-corrected chi connectivity index (χ1v) is 6.56. The summed E-state index contributed by atoms with van der Waals surface area (Å²) in [5.41, 5.74) is 6.53. The summed E-state index contributed by atoms with van der Waals surface area (Å²) in [4.78, 5) is 5.33. The standard InChI is InChI=1S/C11H17N5OS/c1-4-16-10(8(17-3)5-14-16)9(15-12)11-7(2)13-6-18-11/h5-6,9,15H,4,12H2,1-3H3.